The molecular weight excluding hydrogens is 364 g/mol. The van der Waals surface area contributed by atoms with Crippen molar-refractivity contribution in [1.29, 1.82) is 0 Å². The van der Waals surface area contributed by atoms with Crippen molar-refractivity contribution in [3.63, 3.8) is 0 Å². The van der Waals surface area contributed by atoms with Crippen LogP contribution in [0.2, 0.25) is 0 Å². The number of amides is 2. The Morgan fingerprint density at radius 3 is 2.54 bits per heavy atom. The quantitative estimate of drug-likeness (QED) is 0.457. The lowest BCUT2D eigenvalue weighted by Gasteiger charge is -2.31. The molecule has 28 heavy (non-hydrogen) atoms. The van der Waals surface area contributed by atoms with E-state index < -0.39 is 12.0 Å². The first-order chi connectivity index (χ1) is 13.5. The second-order valence-electron chi connectivity index (χ2n) is 6.48. The second kappa shape index (κ2) is 11.1. The summed E-state index contributed by atoms with van der Waals surface area (Å²) in [5.74, 6) is -1.32. The molecular formula is C20H26N2O6. The number of benzene rings is 1. The number of rotatable bonds is 10. The lowest BCUT2D eigenvalue weighted by molar-refractivity contribution is -0.144. The summed E-state index contributed by atoms with van der Waals surface area (Å²) in [7, 11) is 0. The van der Waals surface area contributed by atoms with Crippen molar-refractivity contribution in [2.45, 2.75) is 18.9 Å². The van der Waals surface area contributed by atoms with Crippen LogP contribution in [0.1, 0.15) is 12.8 Å². The summed E-state index contributed by atoms with van der Waals surface area (Å²) in [6.07, 6.45) is 2.46. The molecule has 1 aliphatic heterocycles. The SMILES string of the molecule is C=CCOCC(NC(=O)C1CCN(C(=O)COc2ccccc2)CC1)C(=O)O. The van der Waals surface area contributed by atoms with Gasteiger partial charge in [-0.15, -0.1) is 6.58 Å². The van der Waals surface area contributed by atoms with Gasteiger partial charge < -0.3 is 24.8 Å². The van der Waals surface area contributed by atoms with Gasteiger partial charge in [-0.2, -0.15) is 0 Å². The molecule has 1 atom stereocenters. The van der Waals surface area contributed by atoms with Gasteiger partial charge in [0.25, 0.3) is 5.91 Å². The largest absolute Gasteiger partial charge is 0.484 e. The Labute approximate surface area is 164 Å². The van der Waals surface area contributed by atoms with E-state index in [2.05, 4.69) is 11.9 Å². The predicted molar refractivity (Wildman–Crippen MR) is 102 cm³/mol. The number of hydrogen-bond acceptors (Lipinski definition) is 5. The van der Waals surface area contributed by atoms with Crippen molar-refractivity contribution >= 4 is 17.8 Å². The zero-order chi connectivity index (χ0) is 20.4. The molecule has 1 aliphatic rings. The predicted octanol–water partition coefficient (Wildman–Crippen LogP) is 1.08. The van der Waals surface area contributed by atoms with Gasteiger partial charge in [0.15, 0.2) is 12.6 Å². The average molecular weight is 390 g/mol. The summed E-state index contributed by atoms with van der Waals surface area (Å²) < 4.78 is 10.6. The third-order valence-electron chi connectivity index (χ3n) is 4.46. The number of carbonyl (C=O) groups is 3. The molecule has 0 saturated carbocycles. The zero-order valence-electron chi connectivity index (χ0n) is 15.7. The molecule has 1 heterocycles. The van der Waals surface area contributed by atoms with E-state index in [1.165, 1.54) is 6.08 Å². The number of carboxylic acids is 1. The van der Waals surface area contributed by atoms with Gasteiger partial charge in [0, 0.05) is 19.0 Å². The standard InChI is InChI=1S/C20H26N2O6/c1-2-12-27-13-17(20(25)26)21-19(24)15-8-10-22(11-9-15)18(23)14-28-16-6-4-3-5-7-16/h2-7,15,17H,1,8-14H2,(H,21,24)(H,25,26). The molecule has 2 rings (SSSR count). The highest BCUT2D eigenvalue weighted by atomic mass is 16.5. The van der Waals surface area contributed by atoms with E-state index in [0.717, 1.165) is 0 Å². The highest BCUT2D eigenvalue weighted by Crippen LogP contribution is 2.18. The molecule has 8 heteroatoms. The number of aliphatic carboxylic acids is 1. The fourth-order valence-electron chi connectivity index (χ4n) is 2.88. The van der Waals surface area contributed by atoms with Crippen LogP contribution in [0.15, 0.2) is 43.0 Å². The summed E-state index contributed by atoms with van der Waals surface area (Å²) >= 11 is 0. The average Bonchev–Trinajstić information content (AvgIpc) is 2.72. The minimum Gasteiger partial charge on any atom is -0.484 e. The van der Waals surface area contributed by atoms with Gasteiger partial charge in [0.1, 0.15) is 5.75 Å². The van der Waals surface area contributed by atoms with Crippen molar-refractivity contribution < 1.29 is 29.0 Å². The van der Waals surface area contributed by atoms with E-state index in [9.17, 15) is 19.5 Å². The van der Waals surface area contributed by atoms with Crippen molar-refractivity contribution in [1.82, 2.24) is 10.2 Å². The van der Waals surface area contributed by atoms with Crippen molar-refractivity contribution in [2.24, 2.45) is 5.92 Å². The van der Waals surface area contributed by atoms with Gasteiger partial charge in [-0.05, 0) is 25.0 Å². The Morgan fingerprint density at radius 2 is 1.93 bits per heavy atom. The number of para-hydroxylation sites is 1. The molecule has 0 aliphatic carbocycles. The fraction of sp³-hybridized carbons (Fsp3) is 0.450. The topological polar surface area (TPSA) is 105 Å². The highest BCUT2D eigenvalue weighted by molar-refractivity contribution is 5.85. The molecule has 152 valence electrons. The summed E-state index contributed by atoms with van der Waals surface area (Å²) in [6, 6.07) is 7.98. The van der Waals surface area contributed by atoms with Crippen LogP contribution in [-0.2, 0) is 19.1 Å². The van der Waals surface area contributed by atoms with Gasteiger partial charge in [0.2, 0.25) is 5.91 Å². The Kier molecular flexibility index (Phi) is 8.48. The Bertz CT molecular complexity index is 671. The summed E-state index contributed by atoms with van der Waals surface area (Å²) in [5, 5.41) is 11.7. The first kappa shape index (κ1) is 21.4. The number of ether oxygens (including phenoxy) is 2. The monoisotopic (exact) mass is 390 g/mol. The fourth-order valence-corrected chi connectivity index (χ4v) is 2.88. The van der Waals surface area contributed by atoms with Crippen LogP contribution in [-0.4, -0.2) is 66.7 Å². The van der Waals surface area contributed by atoms with E-state index in [1.807, 2.05) is 18.2 Å². The van der Waals surface area contributed by atoms with Crippen molar-refractivity contribution in [3.8, 4) is 5.75 Å². The molecule has 0 aromatic heterocycles. The number of nitrogens with zero attached hydrogens (tertiary/aromatic N) is 1. The second-order valence-corrected chi connectivity index (χ2v) is 6.48. The number of carbonyl (C=O) groups excluding carboxylic acids is 2. The van der Waals surface area contributed by atoms with Crippen LogP contribution in [0.3, 0.4) is 0 Å². The normalized spacial score (nSPS) is 15.5. The van der Waals surface area contributed by atoms with Gasteiger partial charge in [-0.1, -0.05) is 24.3 Å². The number of piperidine rings is 1. The molecule has 2 N–H and O–H groups in total. The molecule has 0 bridgehead atoms. The van der Waals surface area contributed by atoms with Gasteiger partial charge in [-0.3, -0.25) is 9.59 Å². The van der Waals surface area contributed by atoms with Crippen molar-refractivity contribution in [2.75, 3.05) is 32.9 Å². The maximum Gasteiger partial charge on any atom is 0.328 e. The smallest absolute Gasteiger partial charge is 0.328 e. The molecule has 1 saturated heterocycles. The molecule has 0 spiro atoms. The van der Waals surface area contributed by atoms with Crippen LogP contribution in [0, 0.1) is 5.92 Å². The van der Waals surface area contributed by atoms with Gasteiger partial charge in [-0.25, -0.2) is 4.79 Å². The molecule has 2 amide bonds. The summed E-state index contributed by atoms with van der Waals surface area (Å²) in [4.78, 5) is 37.5. The Morgan fingerprint density at radius 1 is 1.25 bits per heavy atom. The van der Waals surface area contributed by atoms with E-state index >= 15 is 0 Å². The van der Waals surface area contributed by atoms with E-state index in [0.29, 0.717) is 31.7 Å². The van der Waals surface area contributed by atoms with Crippen LogP contribution in [0.4, 0.5) is 0 Å². The van der Waals surface area contributed by atoms with Gasteiger partial charge in [0.05, 0.1) is 13.2 Å². The molecule has 1 aromatic rings. The number of carboxylic acid groups (broad SMARTS) is 1. The Balaban J connectivity index is 1.75. The maximum absolute atomic E-state index is 12.4. The molecule has 0 radical (unpaired) electrons. The number of likely N-dealkylation sites (tertiary alicyclic amines) is 1. The molecule has 8 nitrogen and oxygen atoms in total. The lowest BCUT2D eigenvalue weighted by Crippen LogP contribution is -2.49. The molecule has 1 unspecified atom stereocenters. The minimum atomic E-state index is -1.15. The van der Waals surface area contributed by atoms with Crippen LogP contribution < -0.4 is 10.1 Å². The van der Waals surface area contributed by atoms with E-state index in [-0.39, 0.29) is 37.6 Å². The van der Waals surface area contributed by atoms with Crippen LogP contribution in [0.5, 0.6) is 5.75 Å². The maximum atomic E-state index is 12.4. The third kappa shape index (κ3) is 6.70. The van der Waals surface area contributed by atoms with Crippen LogP contribution >= 0.6 is 0 Å². The lowest BCUT2D eigenvalue weighted by atomic mass is 9.95. The third-order valence-corrected chi connectivity index (χ3v) is 4.46. The van der Waals surface area contributed by atoms with Crippen LogP contribution in [0.25, 0.3) is 0 Å². The molecule has 1 aromatic carbocycles. The summed E-state index contributed by atoms with van der Waals surface area (Å²) in [6.45, 7) is 4.38. The Hall–Kier alpha value is -2.87. The summed E-state index contributed by atoms with van der Waals surface area (Å²) in [5.41, 5.74) is 0. The van der Waals surface area contributed by atoms with E-state index in [1.54, 1.807) is 17.0 Å². The highest BCUT2D eigenvalue weighted by Gasteiger charge is 2.30. The van der Waals surface area contributed by atoms with Gasteiger partial charge >= 0.3 is 5.97 Å². The minimum absolute atomic E-state index is 0.0530. The number of nitrogens with one attached hydrogen (secondary N) is 1. The number of hydrogen-bond donors (Lipinski definition) is 2. The van der Waals surface area contributed by atoms with E-state index in [4.69, 9.17) is 9.47 Å². The van der Waals surface area contributed by atoms with Crippen molar-refractivity contribution in [3.05, 3.63) is 43.0 Å². The molecule has 1 fully saturated rings. The first-order valence-electron chi connectivity index (χ1n) is 9.18. The zero-order valence-corrected chi connectivity index (χ0v) is 15.7. The first-order valence-corrected chi connectivity index (χ1v) is 9.18.